The molecular weight excluding hydrogens is 510 g/mol. The molecule has 37 heavy (non-hydrogen) atoms. The second-order valence-corrected chi connectivity index (χ2v) is 9.83. The molecular formula is C27H20ClN5O3S. The van der Waals surface area contributed by atoms with E-state index in [0.717, 1.165) is 22.4 Å². The number of likely N-dealkylation sites (N-methyl/N-ethyl adjacent to an activating group) is 1. The Hall–Kier alpha value is -4.21. The molecule has 2 amide bonds. The number of nitrogens with one attached hydrogen (secondary N) is 1. The van der Waals surface area contributed by atoms with Crippen molar-refractivity contribution in [3.63, 3.8) is 0 Å². The third-order valence-corrected chi connectivity index (χ3v) is 7.50. The molecule has 184 valence electrons. The van der Waals surface area contributed by atoms with Crippen LogP contribution in [0, 0.1) is 6.92 Å². The summed E-state index contributed by atoms with van der Waals surface area (Å²) in [6, 6.07) is 18.6. The lowest BCUT2D eigenvalue weighted by Gasteiger charge is -2.18. The van der Waals surface area contributed by atoms with Gasteiger partial charge in [0.05, 0.1) is 22.8 Å². The van der Waals surface area contributed by atoms with Crippen LogP contribution in [0.1, 0.15) is 11.1 Å². The summed E-state index contributed by atoms with van der Waals surface area (Å²) in [6.07, 6.45) is 0. The number of hydrogen-bond acceptors (Lipinski definition) is 6. The molecule has 1 N–H and O–H groups in total. The van der Waals surface area contributed by atoms with Gasteiger partial charge in [0.25, 0.3) is 11.8 Å². The maximum atomic E-state index is 13.2. The summed E-state index contributed by atoms with van der Waals surface area (Å²) in [5.41, 5.74) is 5.46. The van der Waals surface area contributed by atoms with E-state index in [1.165, 1.54) is 11.3 Å². The van der Waals surface area contributed by atoms with E-state index in [1.54, 1.807) is 22.7 Å². The van der Waals surface area contributed by atoms with Crippen molar-refractivity contribution in [2.45, 2.75) is 6.92 Å². The molecule has 3 aromatic carbocycles. The first-order valence-corrected chi connectivity index (χ1v) is 12.7. The van der Waals surface area contributed by atoms with Crippen molar-refractivity contribution in [3.05, 3.63) is 87.0 Å². The molecule has 1 aromatic heterocycles. The largest absolute Gasteiger partial charge is 0.482 e. The summed E-state index contributed by atoms with van der Waals surface area (Å²) in [4.78, 5) is 32.1. The molecule has 0 atom stereocenters. The van der Waals surface area contributed by atoms with Crippen LogP contribution in [0.15, 0.2) is 76.1 Å². The van der Waals surface area contributed by atoms with Crippen molar-refractivity contribution in [2.24, 2.45) is 10.1 Å². The van der Waals surface area contributed by atoms with Gasteiger partial charge in [-0.05, 0) is 48.9 Å². The molecule has 0 aliphatic carbocycles. The van der Waals surface area contributed by atoms with Gasteiger partial charge in [-0.2, -0.15) is 5.10 Å². The molecule has 8 nitrogen and oxygen atoms in total. The van der Waals surface area contributed by atoms with Gasteiger partial charge in [-0.25, -0.2) is 9.67 Å². The van der Waals surface area contributed by atoms with E-state index in [-0.39, 0.29) is 18.4 Å². The Morgan fingerprint density at radius 3 is 2.78 bits per heavy atom. The van der Waals surface area contributed by atoms with E-state index in [4.69, 9.17) is 26.4 Å². The third kappa shape index (κ3) is 4.02. The number of para-hydroxylation sites is 1. The highest BCUT2D eigenvalue weighted by Crippen LogP contribution is 2.34. The highest BCUT2D eigenvalue weighted by atomic mass is 35.5. The summed E-state index contributed by atoms with van der Waals surface area (Å²) in [6.45, 7) is 1.89. The summed E-state index contributed by atoms with van der Waals surface area (Å²) in [7, 11) is 1.73. The lowest BCUT2D eigenvalue weighted by atomic mass is 10.1. The van der Waals surface area contributed by atoms with E-state index < -0.39 is 0 Å². The van der Waals surface area contributed by atoms with Gasteiger partial charge in [-0.15, -0.1) is 11.3 Å². The molecule has 0 fully saturated rings. The van der Waals surface area contributed by atoms with Crippen LogP contribution < -0.4 is 19.8 Å². The Labute approximate surface area is 221 Å². The number of thiazole rings is 1. The first-order chi connectivity index (χ1) is 17.9. The number of hydrogen-bond donors (Lipinski definition) is 1. The highest BCUT2D eigenvalue weighted by Gasteiger charge is 2.32. The zero-order valence-corrected chi connectivity index (χ0v) is 21.4. The fraction of sp³-hybridized carbons (Fsp3) is 0.111. The maximum absolute atomic E-state index is 13.2. The highest BCUT2D eigenvalue weighted by molar-refractivity contribution is 7.07. The van der Waals surface area contributed by atoms with E-state index in [2.05, 4.69) is 5.32 Å². The van der Waals surface area contributed by atoms with Crippen molar-refractivity contribution in [3.8, 4) is 17.0 Å². The van der Waals surface area contributed by atoms with Crippen LogP contribution in [0.2, 0.25) is 5.02 Å². The monoisotopic (exact) mass is 529 g/mol. The number of fused-ring (bicyclic) bond motifs is 2. The van der Waals surface area contributed by atoms with Gasteiger partial charge in [-0.1, -0.05) is 35.9 Å². The summed E-state index contributed by atoms with van der Waals surface area (Å²) in [5.74, 6) is 0.172. The normalized spacial score (nSPS) is 16.0. The van der Waals surface area contributed by atoms with Gasteiger partial charge >= 0.3 is 0 Å². The van der Waals surface area contributed by atoms with Gasteiger partial charge in [0.2, 0.25) is 4.80 Å². The number of benzene rings is 3. The summed E-state index contributed by atoms with van der Waals surface area (Å²) < 4.78 is 7.18. The molecule has 0 radical (unpaired) electrons. The zero-order chi connectivity index (χ0) is 25.7. The lowest BCUT2D eigenvalue weighted by molar-refractivity contribution is -0.118. The molecule has 0 saturated heterocycles. The number of aromatic nitrogens is 1. The average Bonchev–Trinajstić information content (AvgIpc) is 3.40. The number of ether oxygens (including phenoxy) is 1. The lowest BCUT2D eigenvalue weighted by Crippen LogP contribution is -2.27. The number of carbonyl (C=O) groups excluding carboxylic acids is 2. The van der Waals surface area contributed by atoms with Crippen LogP contribution in [-0.2, 0) is 9.59 Å². The minimum atomic E-state index is -0.216. The molecule has 0 unspecified atom stereocenters. The van der Waals surface area contributed by atoms with Crippen LogP contribution >= 0.6 is 22.9 Å². The van der Waals surface area contributed by atoms with Crippen LogP contribution in [0.3, 0.4) is 0 Å². The first kappa shape index (κ1) is 23.2. The molecule has 3 heterocycles. The minimum absolute atomic E-state index is 0.0183. The molecule has 6 rings (SSSR count). The van der Waals surface area contributed by atoms with Crippen molar-refractivity contribution < 1.29 is 14.3 Å². The first-order valence-electron chi connectivity index (χ1n) is 11.4. The fourth-order valence-electron chi connectivity index (χ4n) is 4.28. The summed E-state index contributed by atoms with van der Waals surface area (Å²) in [5, 5.41) is 10.2. The van der Waals surface area contributed by atoms with Gasteiger partial charge in [0, 0.05) is 28.6 Å². The molecule has 2 aliphatic rings. The maximum Gasteiger partial charge on any atom is 0.279 e. The molecule has 4 aromatic rings. The summed E-state index contributed by atoms with van der Waals surface area (Å²) >= 11 is 7.73. The van der Waals surface area contributed by atoms with Gasteiger partial charge < -0.3 is 15.0 Å². The Bertz CT molecular complexity index is 1700. The predicted molar refractivity (Wildman–Crippen MR) is 145 cm³/mol. The number of rotatable bonds is 3. The smallest absolute Gasteiger partial charge is 0.279 e. The molecule has 0 saturated carbocycles. The van der Waals surface area contributed by atoms with Gasteiger partial charge in [0.15, 0.2) is 12.3 Å². The quantitative estimate of drug-likeness (QED) is 0.406. The Kier molecular flexibility index (Phi) is 5.66. The van der Waals surface area contributed by atoms with Crippen molar-refractivity contribution >= 4 is 57.5 Å². The number of amides is 2. The SMILES string of the molecule is Cc1c(Cl)cccc1N=c1scc(-c2ccc3c(c2)NC(=O)CO3)n1N=C1C(=O)N(C)c2ccccc21. The van der Waals surface area contributed by atoms with Gasteiger partial charge in [0.1, 0.15) is 5.75 Å². The van der Waals surface area contributed by atoms with E-state index in [0.29, 0.717) is 38.4 Å². The van der Waals surface area contributed by atoms with E-state index in [1.807, 2.05) is 66.9 Å². The Morgan fingerprint density at radius 1 is 1.08 bits per heavy atom. The molecule has 2 aliphatic heterocycles. The van der Waals surface area contributed by atoms with Gasteiger partial charge in [-0.3, -0.25) is 9.59 Å². The van der Waals surface area contributed by atoms with Crippen LogP contribution in [0.5, 0.6) is 5.75 Å². The van der Waals surface area contributed by atoms with Crippen molar-refractivity contribution in [2.75, 3.05) is 23.9 Å². The van der Waals surface area contributed by atoms with E-state index in [9.17, 15) is 9.59 Å². The van der Waals surface area contributed by atoms with Crippen molar-refractivity contribution in [1.82, 2.24) is 4.68 Å². The third-order valence-electron chi connectivity index (χ3n) is 6.28. The Morgan fingerprint density at radius 2 is 1.92 bits per heavy atom. The second-order valence-electron chi connectivity index (χ2n) is 8.59. The minimum Gasteiger partial charge on any atom is -0.482 e. The number of nitrogens with zero attached hydrogens (tertiary/aromatic N) is 4. The standard InChI is InChI=1S/C27H20ClN5O3S/c1-15-18(28)7-5-8-19(15)30-27-33(31-25-17-6-3-4-9-21(17)32(2)26(25)35)22(14-37-27)16-10-11-23-20(12-16)29-24(34)13-36-23/h3-12,14H,13H2,1-2H3,(H,29,34). The van der Waals surface area contributed by atoms with E-state index >= 15 is 0 Å². The Balaban J connectivity index is 1.58. The van der Waals surface area contributed by atoms with Crippen LogP contribution in [0.25, 0.3) is 11.3 Å². The topological polar surface area (TPSA) is 88.3 Å². The fourth-order valence-corrected chi connectivity index (χ4v) is 5.29. The molecule has 0 bridgehead atoms. The molecule has 10 heteroatoms. The number of halogens is 1. The average molecular weight is 530 g/mol. The number of carbonyl (C=O) groups is 2. The van der Waals surface area contributed by atoms with Crippen molar-refractivity contribution in [1.29, 1.82) is 0 Å². The molecule has 0 spiro atoms. The second kappa shape index (κ2) is 9.02. The predicted octanol–water partition coefficient (Wildman–Crippen LogP) is 4.97. The van der Waals surface area contributed by atoms with Crippen LogP contribution in [0.4, 0.5) is 17.1 Å². The zero-order valence-electron chi connectivity index (χ0n) is 19.9. The van der Waals surface area contributed by atoms with Crippen LogP contribution in [-0.4, -0.2) is 35.9 Å². The number of anilines is 2.